The van der Waals surface area contributed by atoms with Crippen molar-refractivity contribution < 1.29 is 8.91 Å². The van der Waals surface area contributed by atoms with E-state index in [0.717, 1.165) is 12.0 Å². The fraction of sp³-hybridized carbons (Fsp3) is 0.143. The zero-order valence-corrected chi connectivity index (χ0v) is 16.0. The fourth-order valence-electron chi connectivity index (χ4n) is 2.67. The first-order chi connectivity index (χ1) is 13.7. The van der Waals surface area contributed by atoms with Crippen molar-refractivity contribution >= 4 is 11.8 Å². The van der Waals surface area contributed by atoms with Crippen LogP contribution in [0, 0.1) is 5.82 Å². The lowest BCUT2D eigenvalue weighted by molar-refractivity contribution is 0.391. The first kappa shape index (κ1) is 18.3. The molecule has 0 aliphatic carbocycles. The summed E-state index contributed by atoms with van der Waals surface area (Å²) >= 11 is 1.43. The van der Waals surface area contributed by atoms with Gasteiger partial charge in [0.25, 0.3) is 0 Å². The van der Waals surface area contributed by atoms with Crippen molar-refractivity contribution in [3.05, 3.63) is 77.9 Å². The summed E-state index contributed by atoms with van der Waals surface area (Å²) in [5.74, 6) is 1.25. The van der Waals surface area contributed by atoms with Gasteiger partial charge in [0, 0.05) is 11.1 Å². The molecule has 0 N–H and O–H groups in total. The average Bonchev–Trinajstić information content (AvgIpc) is 3.22. The molecule has 0 amide bonds. The lowest BCUT2D eigenvalue weighted by Gasteiger charge is -2.02. The molecule has 0 saturated heterocycles. The monoisotopic (exact) mass is 392 g/mol. The molecule has 0 atom stereocenters. The van der Waals surface area contributed by atoms with Crippen LogP contribution in [-0.4, -0.2) is 20.3 Å². The van der Waals surface area contributed by atoms with E-state index in [2.05, 4.69) is 39.4 Å². The molecule has 0 spiro atoms. The van der Waals surface area contributed by atoms with Crippen LogP contribution < -0.4 is 0 Å². The lowest BCUT2D eigenvalue weighted by atomic mass is 10.1. The third-order valence-corrected chi connectivity index (χ3v) is 5.13. The van der Waals surface area contributed by atoms with Crippen LogP contribution in [0.5, 0.6) is 0 Å². The molecule has 140 valence electrons. The molecule has 2 aromatic carbocycles. The van der Waals surface area contributed by atoms with E-state index >= 15 is 0 Å². The number of benzene rings is 2. The molecule has 0 radical (unpaired) electrons. The van der Waals surface area contributed by atoms with Crippen molar-refractivity contribution in [2.24, 2.45) is 0 Å². The molecule has 0 fully saturated rings. The van der Waals surface area contributed by atoms with Crippen molar-refractivity contribution in [3.63, 3.8) is 0 Å². The van der Waals surface area contributed by atoms with Crippen LogP contribution in [0.2, 0.25) is 0 Å². The number of aromatic nitrogens is 4. The third kappa shape index (κ3) is 4.09. The summed E-state index contributed by atoms with van der Waals surface area (Å²) in [5.41, 5.74) is 3.12. The molecular weight excluding hydrogens is 375 g/mol. The van der Waals surface area contributed by atoms with Gasteiger partial charge < -0.3 is 4.52 Å². The van der Waals surface area contributed by atoms with Crippen LogP contribution in [0.1, 0.15) is 18.4 Å². The van der Waals surface area contributed by atoms with Crippen molar-refractivity contribution in [2.75, 3.05) is 0 Å². The van der Waals surface area contributed by atoms with Gasteiger partial charge in [0.1, 0.15) is 10.8 Å². The topological polar surface area (TPSA) is 64.7 Å². The SMILES string of the molecule is CCc1ccc(-c2noc(CSc3ccc(-c4ccccc4F)nn3)n2)cc1. The molecule has 0 aliphatic heterocycles. The van der Waals surface area contributed by atoms with E-state index in [0.29, 0.717) is 33.8 Å². The molecule has 28 heavy (non-hydrogen) atoms. The highest BCUT2D eigenvalue weighted by Gasteiger charge is 2.11. The predicted octanol–water partition coefficient (Wildman–Crippen LogP) is 5.19. The molecule has 2 heterocycles. The average molecular weight is 392 g/mol. The molecule has 5 nitrogen and oxygen atoms in total. The Kier molecular flexibility index (Phi) is 5.43. The Balaban J connectivity index is 1.41. The second kappa shape index (κ2) is 8.31. The highest BCUT2D eigenvalue weighted by Crippen LogP contribution is 2.25. The smallest absolute Gasteiger partial charge is 0.237 e. The van der Waals surface area contributed by atoms with Gasteiger partial charge in [0.15, 0.2) is 0 Å². The van der Waals surface area contributed by atoms with Crippen molar-refractivity contribution in [2.45, 2.75) is 24.1 Å². The number of thioether (sulfide) groups is 1. The Hall–Kier alpha value is -3.06. The van der Waals surface area contributed by atoms with Crippen LogP contribution in [0.4, 0.5) is 4.39 Å². The number of hydrogen-bond donors (Lipinski definition) is 0. The van der Waals surface area contributed by atoms with Gasteiger partial charge in [-0.3, -0.25) is 0 Å². The zero-order chi connectivity index (χ0) is 19.3. The first-order valence-corrected chi connectivity index (χ1v) is 9.85. The van der Waals surface area contributed by atoms with Crippen molar-refractivity contribution in [1.82, 2.24) is 20.3 Å². The largest absolute Gasteiger partial charge is 0.338 e. The summed E-state index contributed by atoms with van der Waals surface area (Å²) in [6.07, 6.45) is 0.991. The molecule has 4 aromatic rings. The number of rotatable bonds is 6. The molecule has 0 saturated carbocycles. The second-order valence-corrected chi connectivity index (χ2v) is 7.08. The molecule has 7 heteroatoms. The number of hydrogen-bond acceptors (Lipinski definition) is 6. The summed E-state index contributed by atoms with van der Waals surface area (Å²) < 4.78 is 19.2. The maximum Gasteiger partial charge on any atom is 0.237 e. The molecular formula is C21H17FN4OS. The van der Waals surface area contributed by atoms with E-state index in [1.807, 2.05) is 12.1 Å². The fourth-order valence-corrected chi connectivity index (χ4v) is 3.32. The summed E-state index contributed by atoms with van der Waals surface area (Å²) in [6.45, 7) is 2.12. The summed E-state index contributed by atoms with van der Waals surface area (Å²) in [5, 5.41) is 13.0. The Morgan fingerprint density at radius 2 is 1.79 bits per heavy atom. The van der Waals surface area contributed by atoms with Crippen molar-refractivity contribution in [3.8, 4) is 22.6 Å². The normalized spacial score (nSPS) is 10.9. The van der Waals surface area contributed by atoms with Gasteiger partial charge in [-0.25, -0.2) is 4.39 Å². The summed E-state index contributed by atoms with van der Waals surface area (Å²) in [7, 11) is 0. The van der Waals surface area contributed by atoms with E-state index in [9.17, 15) is 4.39 Å². The minimum Gasteiger partial charge on any atom is -0.338 e. The van der Waals surface area contributed by atoms with Gasteiger partial charge in [0.05, 0.1) is 11.4 Å². The van der Waals surface area contributed by atoms with Gasteiger partial charge >= 0.3 is 0 Å². The number of aryl methyl sites for hydroxylation is 1. The molecule has 0 unspecified atom stereocenters. The van der Waals surface area contributed by atoms with Gasteiger partial charge in [-0.1, -0.05) is 60.2 Å². The minimum atomic E-state index is -0.317. The van der Waals surface area contributed by atoms with Gasteiger partial charge in [-0.05, 0) is 36.2 Å². The van der Waals surface area contributed by atoms with Crippen LogP contribution >= 0.6 is 11.8 Å². The van der Waals surface area contributed by atoms with Crippen LogP contribution in [-0.2, 0) is 12.2 Å². The van der Waals surface area contributed by atoms with E-state index in [1.54, 1.807) is 30.3 Å². The summed E-state index contributed by atoms with van der Waals surface area (Å²) in [6, 6.07) is 18.2. The maximum atomic E-state index is 13.8. The van der Waals surface area contributed by atoms with Crippen molar-refractivity contribution in [1.29, 1.82) is 0 Å². The Morgan fingerprint density at radius 3 is 2.50 bits per heavy atom. The Labute approximate surface area is 166 Å². The van der Waals surface area contributed by atoms with Crippen LogP contribution in [0.25, 0.3) is 22.6 Å². The minimum absolute atomic E-state index is 0.317. The Morgan fingerprint density at radius 1 is 0.964 bits per heavy atom. The van der Waals surface area contributed by atoms with Crippen LogP contribution in [0.15, 0.2) is 70.2 Å². The molecule has 4 rings (SSSR count). The zero-order valence-electron chi connectivity index (χ0n) is 15.2. The lowest BCUT2D eigenvalue weighted by Crippen LogP contribution is -1.92. The highest BCUT2D eigenvalue weighted by molar-refractivity contribution is 7.98. The molecule has 0 aliphatic rings. The van der Waals surface area contributed by atoms with Gasteiger partial charge in [-0.2, -0.15) is 4.98 Å². The van der Waals surface area contributed by atoms with E-state index in [4.69, 9.17) is 4.52 Å². The van der Waals surface area contributed by atoms with Gasteiger partial charge in [0.2, 0.25) is 11.7 Å². The number of nitrogens with zero attached hydrogens (tertiary/aromatic N) is 4. The predicted molar refractivity (Wildman–Crippen MR) is 106 cm³/mol. The van der Waals surface area contributed by atoms with Crippen LogP contribution in [0.3, 0.4) is 0 Å². The molecule has 0 bridgehead atoms. The van der Waals surface area contributed by atoms with Gasteiger partial charge in [-0.15, -0.1) is 10.2 Å². The summed E-state index contributed by atoms with van der Waals surface area (Å²) in [4.78, 5) is 4.43. The molecule has 2 aromatic heterocycles. The van der Waals surface area contributed by atoms with E-state index in [-0.39, 0.29) is 5.82 Å². The Bertz CT molecular complexity index is 1060. The number of halogens is 1. The second-order valence-electron chi connectivity index (χ2n) is 6.09. The standard InChI is InChI=1S/C21H17FN4OS/c1-2-14-7-9-15(10-8-14)21-23-19(27-26-21)13-28-20-12-11-18(24-25-20)16-5-3-4-6-17(16)22/h3-12H,2,13H2,1H3. The quantitative estimate of drug-likeness (QED) is 0.421. The third-order valence-electron chi connectivity index (χ3n) is 4.22. The van der Waals surface area contributed by atoms with E-state index < -0.39 is 0 Å². The maximum absolute atomic E-state index is 13.8. The highest BCUT2D eigenvalue weighted by atomic mass is 32.2. The van der Waals surface area contributed by atoms with E-state index in [1.165, 1.54) is 23.4 Å². The first-order valence-electron chi connectivity index (χ1n) is 8.86.